The molecule has 310 valence electrons. The molecule has 4 aromatic heterocycles. The summed E-state index contributed by atoms with van der Waals surface area (Å²) in [4.78, 5) is 44.7. The molecule has 0 saturated heterocycles. The Labute approximate surface area is 334 Å². The Hall–Kier alpha value is -7.12. The van der Waals surface area contributed by atoms with E-state index in [1.165, 1.54) is 19.0 Å². The quantitative estimate of drug-likeness (QED) is 0.161. The van der Waals surface area contributed by atoms with E-state index in [2.05, 4.69) is 19.9 Å². The lowest BCUT2D eigenvalue weighted by atomic mass is 9.97. The fraction of sp³-hybridized carbons (Fsp3) is 0.200. The van der Waals surface area contributed by atoms with Gasteiger partial charge < -0.3 is 30.1 Å². The number of furan rings is 2. The second-order valence-electron chi connectivity index (χ2n) is 13.7. The molecule has 0 spiro atoms. The minimum absolute atomic E-state index is 0.0583. The molecule has 8 rings (SSSR count). The third kappa shape index (κ3) is 7.62. The van der Waals surface area contributed by atoms with Crippen LogP contribution >= 0.6 is 0 Å². The van der Waals surface area contributed by atoms with Crippen molar-refractivity contribution in [1.29, 1.82) is 0 Å². The number of hydrogen-bond donors (Lipinski definition) is 2. The normalized spacial score (nSPS) is 15.7. The average molecular weight is 839 g/mol. The molecule has 2 aliphatic heterocycles. The number of nitrogens with two attached hydrogens (primary N) is 2. The number of aromatic nitrogens is 4. The molecule has 20 heteroatoms. The van der Waals surface area contributed by atoms with E-state index in [1.807, 2.05) is 0 Å². The van der Waals surface area contributed by atoms with Crippen molar-refractivity contribution in [2.24, 2.45) is 0 Å². The third-order valence-corrected chi connectivity index (χ3v) is 9.67. The Morgan fingerprint density at radius 3 is 1.75 bits per heavy atom. The number of carbonyl (C=O) groups is 2. The minimum Gasteiger partial charge on any atom is -0.460 e. The van der Waals surface area contributed by atoms with Gasteiger partial charge in [-0.3, -0.25) is 9.59 Å². The van der Waals surface area contributed by atoms with E-state index in [-0.39, 0.29) is 74.8 Å². The Balaban J connectivity index is 0.000000181. The Morgan fingerprint density at radius 1 is 0.683 bits per heavy atom. The van der Waals surface area contributed by atoms with Crippen molar-refractivity contribution in [3.05, 3.63) is 129 Å². The van der Waals surface area contributed by atoms with E-state index < -0.39 is 53.0 Å². The van der Waals surface area contributed by atoms with Crippen molar-refractivity contribution in [3.8, 4) is 22.9 Å². The zero-order chi connectivity index (χ0) is 43.6. The summed E-state index contributed by atoms with van der Waals surface area (Å²) in [6.07, 6.45) is -8.64. The summed E-state index contributed by atoms with van der Waals surface area (Å²) >= 11 is 0. The van der Waals surface area contributed by atoms with Gasteiger partial charge in [-0.15, -0.1) is 0 Å². The highest BCUT2D eigenvalue weighted by atomic mass is 19.4. The monoisotopic (exact) mass is 838 g/mol. The van der Waals surface area contributed by atoms with Gasteiger partial charge in [-0.25, -0.2) is 28.7 Å². The molecule has 0 saturated carbocycles. The largest absolute Gasteiger partial charge is 0.460 e. The van der Waals surface area contributed by atoms with Gasteiger partial charge in [-0.2, -0.15) is 26.3 Å². The van der Waals surface area contributed by atoms with Gasteiger partial charge in [-0.05, 0) is 86.0 Å². The van der Waals surface area contributed by atoms with Crippen molar-refractivity contribution < 1.29 is 53.5 Å². The third-order valence-electron chi connectivity index (χ3n) is 9.67. The second kappa shape index (κ2) is 14.9. The highest BCUT2D eigenvalue weighted by Crippen LogP contribution is 2.43. The molecule has 0 fully saturated rings. The van der Waals surface area contributed by atoms with Crippen molar-refractivity contribution in [1.82, 2.24) is 29.7 Å². The van der Waals surface area contributed by atoms with Crippen LogP contribution in [-0.4, -0.2) is 55.6 Å². The zero-order valence-corrected chi connectivity index (χ0v) is 31.6. The fourth-order valence-electron chi connectivity index (χ4n) is 6.88. The molecule has 2 aliphatic rings. The Morgan fingerprint density at radius 2 is 1.20 bits per heavy atom. The molecular weight excluding hydrogens is 808 g/mol. The lowest BCUT2D eigenvalue weighted by molar-refractivity contribution is -0.139. The maximum absolute atomic E-state index is 13.5. The van der Waals surface area contributed by atoms with Crippen molar-refractivity contribution in [2.75, 3.05) is 25.6 Å². The van der Waals surface area contributed by atoms with Crippen LogP contribution in [0.4, 0.5) is 47.0 Å². The standard InChI is InChI=1S/C20H16F4N4O2.C20H14F4N4O2/c2*1-9-3-6-14(30-9)17-15-16(26-19(25)27-17)13(28(2)18(15)29)7-10-4-5-11(21)8-12(10)20(22,23)24/h3-6,8,13H,7H2,1-2H3,(H2,25,26,27);3-8H,1-2H3,(H2,25,26,27)/b;13-7-. The number of fused-ring (bicyclic) bond motifs is 2. The molecule has 1 unspecified atom stereocenters. The minimum atomic E-state index is -4.79. The average Bonchev–Trinajstić information content (AvgIpc) is 3.92. The summed E-state index contributed by atoms with van der Waals surface area (Å²) in [5, 5.41) is 0. The van der Waals surface area contributed by atoms with Crippen molar-refractivity contribution in [2.45, 2.75) is 38.7 Å². The van der Waals surface area contributed by atoms with Crippen molar-refractivity contribution >= 4 is 35.5 Å². The molecule has 4 N–H and O–H groups in total. The molecule has 6 aromatic rings. The van der Waals surface area contributed by atoms with E-state index in [0.717, 1.165) is 35.2 Å². The van der Waals surface area contributed by atoms with Crippen LogP contribution in [-0.2, 0) is 18.8 Å². The van der Waals surface area contributed by atoms with Crippen LogP contribution in [0.1, 0.15) is 71.9 Å². The smallest absolute Gasteiger partial charge is 0.417 e. The van der Waals surface area contributed by atoms with Crippen LogP contribution in [0.15, 0.2) is 69.5 Å². The number of likely N-dealkylation sites (N-methyl/N-ethyl adjacent to an activating group) is 1. The van der Waals surface area contributed by atoms with E-state index in [0.29, 0.717) is 29.4 Å². The van der Waals surface area contributed by atoms with E-state index >= 15 is 0 Å². The number of carbonyl (C=O) groups excluding carboxylic acids is 2. The Bertz CT molecular complexity index is 2740. The molecular formula is C40H30F8N8O4. The molecule has 1 atom stereocenters. The van der Waals surface area contributed by atoms with Gasteiger partial charge in [0.25, 0.3) is 11.8 Å². The number of halogens is 8. The molecule has 2 aromatic carbocycles. The number of anilines is 2. The maximum Gasteiger partial charge on any atom is 0.417 e. The molecule has 0 aliphatic carbocycles. The van der Waals surface area contributed by atoms with Gasteiger partial charge in [0.05, 0.1) is 39.7 Å². The van der Waals surface area contributed by atoms with Crippen LogP contribution in [0, 0.1) is 25.5 Å². The fourth-order valence-corrected chi connectivity index (χ4v) is 6.88. The van der Waals surface area contributed by atoms with Gasteiger partial charge in [-0.1, -0.05) is 12.1 Å². The summed E-state index contributed by atoms with van der Waals surface area (Å²) in [5.74, 6) is -1.59. The molecule has 0 bridgehead atoms. The first-order valence-electron chi connectivity index (χ1n) is 17.6. The van der Waals surface area contributed by atoms with Crippen LogP contribution in [0.5, 0.6) is 0 Å². The van der Waals surface area contributed by atoms with Crippen LogP contribution in [0.3, 0.4) is 0 Å². The first kappa shape index (κ1) is 41.1. The topological polar surface area (TPSA) is 170 Å². The number of nitrogens with zero attached hydrogens (tertiary/aromatic N) is 6. The van der Waals surface area contributed by atoms with Crippen molar-refractivity contribution in [3.63, 3.8) is 0 Å². The number of amides is 2. The van der Waals surface area contributed by atoms with Crippen LogP contribution in [0.25, 0.3) is 34.7 Å². The molecule has 0 radical (unpaired) electrons. The number of nitrogen functional groups attached to an aromatic ring is 2. The number of benzene rings is 2. The lowest BCUT2D eigenvalue weighted by Crippen LogP contribution is -2.25. The highest BCUT2D eigenvalue weighted by Gasteiger charge is 2.42. The first-order valence-corrected chi connectivity index (χ1v) is 17.6. The van der Waals surface area contributed by atoms with Gasteiger partial charge in [0.1, 0.15) is 40.2 Å². The summed E-state index contributed by atoms with van der Waals surface area (Å²) in [7, 11) is 2.85. The number of rotatable bonds is 5. The molecule has 12 nitrogen and oxygen atoms in total. The van der Waals surface area contributed by atoms with Gasteiger partial charge >= 0.3 is 12.4 Å². The molecule has 6 heterocycles. The summed E-state index contributed by atoms with van der Waals surface area (Å²) < 4.78 is 118. The highest BCUT2D eigenvalue weighted by molar-refractivity contribution is 6.14. The van der Waals surface area contributed by atoms with Gasteiger partial charge in [0, 0.05) is 14.1 Å². The number of aryl methyl sites for hydroxylation is 2. The molecule has 60 heavy (non-hydrogen) atoms. The number of hydrogen-bond acceptors (Lipinski definition) is 10. The molecule has 2 amide bonds. The second-order valence-corrected chi connectivity index (χ2v) is 13.7. The zero-order valence-electron chi connectivity index (χ0n) is 31.6. The van der Waals surface area contributed by atoms with Gasteiger partial charge in [0.15, 0.2) is 11.5 Å². The number of alkyl halides is 6. The summed E-state index contributed by atoms with van der Waals surface area (Å²) in [6, 6.07) is 10.5. The van der Waals surface area contributed by atoms with E-state index in [9.17, 15) is 44.7 Å². The van der Waals surface area contributed by atoms with Gasteiger partial charge in [0.2, 0.25) is 11.9 Å². The lowest BCUT2D eigenvalue weighted by Gasteiger charge is -2.22. The predicted octanol–water partition coefficient (Wildman–Crippen LogP) is 8.52. The first-order chi connectivity index (χ1) is 28.1. The van der Waals surface area contributed by atoms with E-state index in [1.54, 1.807) is 38.1 Å². The predicted molar refractivity (Wildman–Crippen MR) is 199 cm³/mol. The Kier molecular flexibility index (Phi) is 10.2. The van der Waals surface area contributed by atoms with Crippen LogP contribution in [0.2, 0.25) is 0 Å². The summed E-state index contributed by atoms with van der Waals surface area (Å²) in [5.41, 5.74) is 9.71. The van der Waals surface area contributed by atoms with Crippen LogP contribution < -0.4 is 11.5 Å². The van der Waals surface area contributed by atoms with E-state index in [4.69, 9.17) is 20.3 Å². The maximum atomic E-state index is 13.5. The SMILES string of the molecule is Cc1ccc(-c2nc(N)nc3c2C(=O)N(C)/C3=C\c2ccc(F)cc2C(F)(F)F)o1.Cc1ccc(-c2nc(N)nc3c2C(=O)N(C)C3Cc2ccc(F)cc2C(F)(F)F)o1. The summed E-state index contributed by atoms with van der Waals surface area (Å²) in [6.45, 7) is 3.43.